The summed E-state index contributed by atoms with van der Waals surface area (Å²) in [5.41, 5.74) is -7.11. The summed E-state index contributed by atoms with van der Waals surface area (Å²) in [6.07, 6.45) is 0. The Bertz CT molecular complexity index is 4320. The van der Waals surface area contributed by atoms with Crippen molar-refractivity contribution in [2.24, 2.45) is 0 Å². The molecule has 0 spiro atoms. The van der Waals surface area contributed by atoms with Crippen LogP contribution in [-0.4, -0.2) is 19.5 Å². The van der Waals surface area contributed by atoms with Gasteiger partial charge < -0.3 is 8.98 Å². The number of aromatic nitrogens is 4. The first-order chi connectivity index (χ1) is 36.4. The predicted octanol–water partition coefficient (Wildman–Crippen LogP) is 11.5. The summed E-state index contributed by atoms with van der Waals surface area (Å²) >= 11 is 0. The van der Waals surface area contributed by atoms with E-state index in [1.807, 2.05) is 0 Å². The van der Waals surface area contributed by atoms with E-state index >= 15 is 0 Å². The fourth-order valence-electron chi connectivity index (χ4n) is 5.39. The molecule has 0 unspecified atom stereocenters. The summed E-state index contributed by atoms with van der Waals surface area (Å²) in [5.74, 6) is -2.55. The fraction of sp³-hybridized carbons (Fsp3) is 0. The molecule has 0 radical (unpaired) electrons. The Morgan fingerprint density at radius 1 is 0.420 bits per heavy atom. The van der Waals surface area contributed by atoms with Crippen LogP contribution in [0.25, 0.3) is 94.7 Å². The summed E-state index contributed by atoms with van der Waals surface area (Å²) in [7, 11) is 0. The molecule has 0 bridgehead atoms. The van der Waals surface area contributed by atoms with Crippen LogP contribution in [0.1, 0.15) is 38.4 Å². The van der Waals surface area contributed by atoms with Crippen molar-refractivity contribution in [3.8, 4) is 51.0 Å². The lowest BCUT2D eigenvalue weighted by Crippen LogP contribution is -2.00. The van der Waals surface area contributed by atoms with Crippen molar-refractivity contribution >= 4 is 43.7 Å². The van der Waals surface area contributed by atoms with Gasteiger partial charge in [-0.25, -0.2) is 15.0 Å². The van der Waals surface area contributed by atoms with Gasteiger partial charge in [0.15, 0.2) is 17.5 Å². The number of fused-ring (bicyclic) bond motifs is 6. The minimum absolute atomic E-state index is 0.493. The number of benzene rings is 7. The maximum absolute atomic E-state index is 9.93. The van der Waals surface area contributed by atoms with Gasteiger partial charge in [0.2, 0.25) is 0 Å². The third-order valence-electron chi connectivity index (χ3n) is 7.50. The van der Waals surface area contributed by atoms with Crippen LogP contribution in [0, 0.1) is 0 Å². The molecule has 3 heterocycles. The summed E-state index contributed by atoms with van der Waals surface area (Å²) in [6.45, 7) is 0. The van der Waals surface area contributed by atoms with Crippen LogP contribution in [0.2, 0.25) is 0 Å². The van der Waals surface area contributed by atoms with Gasteiger partial charge in [-0.1, -0.05) is 133 Å². The second-order valence-corrected chi connectivity index (χ2v) is 10.3. The highest BCUT2D eigenvalue weighted by molar-refractivity contribution is 6.14. The Labute approximate surface area is 327 Å². The topological polar surface area (TPSA) is 56.7 Å². The van der Waals surface area contributed by atoms with Crippen LogP contribution in [0.3, 0.4) is 0 Å². The Hall–Kier alpha value is -6.85. The van der Waals surface area contributed by atoms with Crippen molar-refractivity contribution in [3.05, 3.63) is 169 Å². The maximum atomic E-state index is 9.93. The molecule has 0 saturated carbocycles. The average Bonchev–Trinajstić information content (AvgIpc) is 4.13. The lowest BCUT2D eigenvalue weighted by Gasteiger charge is -2.10. The average molecular weight is 669 g/mol. The molecule has 3 aromatic heterocycles. The number of nitrogens with zero attached hydrogens (tertiary/aromatic N) is 4. The third-order valence-corrected chi connectivity index (χ3v) is 7.50. The number of hydrogen-bond acceptors (Lipinski definition) is 4. The van der Waals surface area contributed by atoms with Crippen molar-refractivity contribution in [2.45, 2.75) is 0 Å². The van der Waals surface area contributed by atoms with Crippen LogP contribution in [0.4, 0.5) is 0 Å². The molecule has 5 heteroatoms. The van der Waals surface area contributed by atoms with Crippen LogP contribution in [0.5, 0.6) is 0 Å². The first kappa shape index (κ1) is 11.9. The Morgan fingerprint density at radius 3 is 1.70 bits per heavy atom. The van der Waals surface area contributed by atoms with E-state index in [0.29, 0.717) is 0 Å². The zero-order chi connectivity index (χ0) is 57.4. The van der Waals surface area contributed by atoms with Crippen LogP contribution in [-0.2, 0) is 0 Å². The van der Waals surface area contributed by atoms with Crippen LogP contribution < -0.4 is 0 Å². The number of rotatable bonds is 5. The smallest absolute Gasteiger partial charge is 0.164 e. The van der Waals surface area contributed by atoms with Gasteiger partial charge in [0, 0.05) is 50.0 Å². The molecule has 0 aliphatic rings. The summed E-state index contributed by atoms with van der Waals surface area (Å²) in [6, 6.07) is -25.1. The van der Waals surface area contributed by atoms with E-state index in [9.17, 15) is 9.60 Å². The molecule has 0 amide bonds. The lowest BCUT2D eigenvalue weighted by atomic mass is 9.99. The lowest BCUT2D eigenvalue weighted by molar-refractivity contribution is 0.668. The monoisotopic (exact) mass is 668 g/mol. The van der Waals surface area contributed by atoms with E-state index in [1.165, 1.54) is 0 Å². The van der Waals surface area contributed by atoms with E-state index in [2.05, 4.69) is 15.0 Å². The summed E-state index contributed by atoms with van der Waals surface area (Å²) < 4.78 is 254. The van der Waals surface area contributed by atoms with E-state index in [-0.39, 0.29) is 0 Å². The molecule has 7 aromatic carbocycles. The minimum atomic E-state index is -1.02. The molecule has 0 atom stereocenters. The van der Waals surface area contributed by atoms with Gasteiger partial charge >= 0.3 is 0 Å². The molecule has 50 heavy (non-hydrogen) atoms. The highest BCUT2D eigenvalue weighted by Crippen LogP contribution is 2.39. The van der Waals surface area contributed by atoms with Gasteiger partial charge in [-0.3, -0.25) is 0 Å². The molecule has 0 aliphatic carbocycles. The highest BCUT2D eigenvalue weighted by atomic mass is 16.3. The quantitative estimate of drug-likeness (QED) is 0.183. The van der Waals surface area contributed by atoms with Crippen molar-refractivity contribution in [2.75, 3.05) is 0 Å². The predicted molar refractivity (Wildman–Crippen MR) is 203 cm³/mol. The Morgan fingerprint density at radius 2 is 1.00 bits per heavy atom. The molecule has 10 aromatic rings. The zero-order valence-corrected chi connectivity index (χ0v) is 24.7. The molecular weight excluding hydrogens is 613 g/mol. The number of furan rings is 1. The third kappa shape index (κ3) is 4.60. The van der Waals surface area contributed by atoms with E-state index in [4.69, 9.17) is 33.2 Å². The molecular formula is C45H28N4O. The van der Waals surface area contributed by atoms with Gasteiger partial charge in [-0.15, -0.1) is 0 Å². The maximum Gasteiger partial charge on any atom is 0.164 e. The number of para-hydroxylation sites is 1. The SMILES string of the molecule is [2H]c1c([2H])c([2H])c(-c2nc(-c3c([2H])c([2H])c([2H])c([2H])c3[2H])nc(-c3c([2H])c([2H])c4c5c([2H])c([2H])c([2H])c([2H])c5n(-c5c([2H])c([2H])c6c(oc7c([2H])c([2H])c([2H])c(-c8c([2H])c([2H])c([2H])c([2H])c8[2H])c76)c5[2H])c4c3[2H])n2)c([2H])c1[2H]. The van der Waals surface area contributed by atoms with Gasteiger partial charge in [0.05, 0.1) is 49.4 Å². The van der Waals surface area contributed by atoms with Crippen molar-refractivity contribution in [1.29, 1.82) is 0 Å². The standard InChI is InChI=1S/C45H28N4O/c1-4-13-29(14-5-1)34-20-12-22-40-42(34)37-26-24-33(28-41(37)50-40)49-38-21-11-10-19-35(38)36-25-23-32(27-39(36)49)45-47-43(30-15-6-2-7-16-30)46-44(48-45)31-17-8-3-9-18-31/h1-28H/i1D,2D,3D,4D,5D,6D,7D,8D,9D,10D,11D,12D,13D,14D,15D,16D,17D,18D,19D,20D,21D,22D,23D,24D,25D,26D,27D,28D. The molecule has 0 aliphatic heterocycles. The second-order valence-electron chi connectivity index (χ2n) is 10.3. The molecule has 5 nitrogen and oxygen atoms in total. The normalized spacial score (nSPS) is 19.4. The minimum Gasteiger partial charge on any atom is -0.456 e. The van der Waals surface area contributed by atoms with E-state index < -0.39 is 264 Å². The first-order valence-electron chi connectivity index (χ1n) is 28.4. The van der Waals surface area contributed by atoms with Gasteiger partial charge in [-0.05, 0) is 41.3 Å². The van der Waals surface area contributed by atoms with E-state index in [0.717, 1.165) is 4.57 Å². The Balaban J connectivity index is 1.40. The summed E-state index contributed by atoms with van der Waals surface area (Å²) in [4.78, 5) is 12.8. The van der Waals surface area contributed by atoms with Crippen LogP contribution in [0.15, 0.2) is 174 Å². The van der Waals surface area contributed by atoms with Crippen molar-refractivity contribution in [1.82, 2.24) is 19.5 Å². The molecule has 0 saturated heterocycles. The van der Waals surface area contributed by atoms with Gasteiger partial charge in [-0.2, -0.15) is 0 Å². The molecule has 0 N–H and O–H groups in total. The van der Waals surface area contributed by atoms with E-state index in [1.54, 1.807) is 0 Å². The van der Waals surface area contributed by atoms with Crippen LogP contribution >= 0.6 is 0 Å². The fourth-order valence-corrected chi connectivity index (χ4v) is 5.39. The molecule has 10 rings (SSSR count). The first-order valence-corrected chi connectivity index (χ1v) is 14.4. The van der Waals surface area contributed by atoms with Crippen molar-refractivity contribution in [3.63, 3.8) is 0 Å². The second kappa shape index (κ2) is 11.4. The molecule has 234 valence electrons. The largest absolute Gasteiger partial charge is 0.456 e. The highest BCUT2D eigenvalue weighted by Gasteiger charge is 2.18. The van der Waals surface area contributed by atoms with Gasteiger partial charge in [0.1, 0.15) is 11.2 Å². The Kier molecular flexibility index (Phi) is 2.72. The number of hydrogen-bond donors (Lipinski definition) is 0. The molecule has 0 fully saturated rings. The summed E-state index contributed by atoms with van der Waals surface area (Å²) in [5, 5.41) is -2.20. The van der Waals surface area contributed by atoms with Crippen molar-refractivity contribution < 1.29 is 42.8 Å². The van der Waals surface area contributed by atoms with Gasteiger partial charge in [0.25, 0.3) is 0 Å². The zero-order valence-electron chi connectivity index (χ0n) is 52.7.